The number of rotatable bonds is 7. The molecule has 0 fully saturated rings. The molecule has 0 N–H and O–H groups in total. The molecule has 2 aromatic heterocycles. The van der Waals surface area contributed by atoms with Gasteiger partial charge in [0.25, 0.3) is 0 Å². The first-order valence-electron chi connectivity index (χ1n) is 7.42. The molecule has 1 atom stereocenters. The lowest BCUT2D eigenvalue weighted by molar-refractivity contribution is 0.171. The first kappa shape index (κ1) is 17.6. The van der Waals surface area contributed by atoms with Crippen LogP contribution >= 0.6 is 46.1 Å². The Labute approximate surface area is 159 Å². The molecule has 3 rings (SSSR count). The summed E-state index contributed by atoms with van der Waals surface area (Å²) in [6, 6.07) is 9.31. The summed E-state index contributed by atoms with van der Waals surface area (Å²) in [6.07, 6.45) is 7.03. The van der Waals surface area contributed by atoms with Crippen molar-refractivity contribution in [2.24, 2.45) is 0 Å². The predicted octanol–water partition coefficient (Wildman–Crippen LogP) is 5.99. The number of aromatic nitrogens is 2. The Balaban J connectivity index is 1.73. The van der Waals surface area contributed by atoms with Crippen LogP contribution in [0.15, 0.2) is 49.1 Å². The Bertz CT molecular complexity index is 769. The van der Waals surface area contributed by atoms with Crippen LogP contribution in [0.25, 0.3) is 0 Å². The third kappa shape index (κ3) is 4.67. The topological polar surface area (TPSA) is 27.1 Å². The number of halogens is 3. The lowest BCUT2D eigenvalue weighted by Crippen LogP contribution is -2.23. The number of para-hydroxylation sites is 1. The van der Waals surface area contributed by atoms with Crippen molar-refractivity contribution in [3.8, 4) is 5.75 Å². The van der Waals surface area contributed by atoms with Gasteiger partial charge >= 0.3 is 0 Å². The van der Waals surface area contributed by atoms with Gasteiger partial charge in [0, 0.05) is 17.3 Å². The van der Waals surface area contributed by atoms with Gasteiger partial charge in [-0.2, -0.15) is 0 Å². The van der Waals surface area contributed by atoms with Crippen LogP contribution in [-0.4, -0.2) is 15.7 Å². The van der Waals surface area contributed by atoms with E-state index in [1.165, 1.54) is 4.88 Å². The van der Waals surface area contributed by atoms with Gasteiger partial charge in [-0.05, 0) is 37.1 Å². The Morgan fingerprint density at radius 2 is 1.92 bits per heavy atom. The fourth-order valence-electron chi connectivity index (χ4n) is 2.37. The molecule has 0 aliphatic carbocycles. The van der Waals surface area contributed by atoms with E-state index in [0.29, 0.717) is 22.3 Å². The van der Waals surface area contributed by atoms with Crippen LogP contribution in [-0.2, 0) is 13.0 Å². The van der Waals surface area contributed by atoms with Gasteiger partial charge in [-0.25, -0.2) is 4.98 Å². The average Bonchev–Trinajstić information content (AvgIpc) is 3.20. The zero-order valence-corrected chi connectivity index (χ0v) is 15.7. The van der Waals surface area contributed by atoms with Crippen LogP contribution in [0.4, 0.5) is 0 Å². The van der Waals surface area contributed by atoms with Gasteiger partial charge in [0.1, 0.15) is 6.10 Å². The maximum atomic E-state index is 6.23. The van der Waals surface area contributed by atoms with E-state index in [0.717, 1.165) is 17.2 Å². The molecule has 1 aromatic carbocycles. The van der Waals surface area contributed by atoms with Crippen LogP contribution in [0, 0.1) is 0 Å². The first-order valence-corrected chi connectivity index (χ1v) is 9.37. The summed E-state index contributed by atoms with van der Waals surface area (Å²) < 4.78 is 8.92. The van der Waals surface area contributed by atoms with Crippen LogP contribution in [0.3, 0.4) is 0 Å². The molecule has 0 amide bonds. The van der Waals surface area contributed by atoms with Crippen molar-refractivity contribution in [1.82, 2.24) is 9.55 Å². The van der Waals surface area contributed by atoms with Crippen LogP contribution in [0.5, 0.6) is 5.75 Å². The van der Waals surface area contributed by atoms with Gasteiger partial charge in [-0.15, -0.1) is 11.3 Å². The first-order chi connectivity index (χ1) is 11.6. The number of thiophene rings is 1. The monoisotopic (exact) mass is 400 g/mol. The van der Waals surface area contributed by atoms with Gasteiger partial charge < -0.3 is 9.30 Å². The minimum Gasteiger partial charge on any atom is -0.485 e. The van der Waals surface area contributed by atoms with E-state index < -0.39 is 0 Å². The summed E-state index contributed by atoms with van der Waals surface area (Å²) in [5.41, 5.74) is 0. The smallest absolute Gasteiger partial charge is 0.156 e. The Kier molecular flexibility index (Phi) is 6.06. The standard InChI is InChI=1S/C17H15Cl3N2OS/c18-14-2-1-3-15(19)17(14)23-12(10-22-9-8-21-11-22)4-5-13-6-7-16(20)24-13/h1-3,6-9,11-12H,4-5,10H2. The van der Waals surface area contributed by atoms with E-state index in [-0.39, 0.29) is 6.10 Å². The van der Waals surface area contributed by atoms with Gasteiger partial charge in [0.2, 0.25) is 0 Å². The number of hydrogen-bond donors (Lipinski definition) is 0. The minimum atomic E-state index is -0.0857. The van der Waals surface area contributed by atoms with Gasteiger partial charge in [0.05, 0.1) is 27.3 Å². The minimum absolute atomic E-state index is 0.0857. The number of nitrogens with zero attached hydrogens (tertiary/aromatic N) is 2. The summed E-state index contributed by atoms with van der Waals surface area (Å²) in [6.45, 7) is 0.667. The third-order valence-electron chi connectivity index (χ3n) is 3.52. The van der Waals surface area contributed by atoms with Crippen molar-refractivity contribution in [2.45, 2.75) is 25.5 Å². The zero-order chi connectivity index (χ0) is 16.9. The summed E-state index contributed by atoms with van der Waals surface area (Å²) in [7, 11) is 0. The maximum absolute atomic E-state index is 6.23. The molecule has 0 saturated carbocycles. The molecule has 0 bridgehead atoms. The molecular weight excluding hydrogens is 387 g/mol. The van der Waals surface area contributed by atoms with Crippen molar-refractivity contribution >= 4 is 46.1 Å². The Morgan fingerprint density at radius 1 is 1.12 bits per heavy atom. The molecule has 0 radical (unpaired) electrons. The second-order valence-corrected chi connectivity index (χ2v) is 7.91. The summed E-state index contributed by atoms with van der Waals surface area (Å²) in [5, 5.41) is 1.02. The molecule has 7 heteroatoms. The highest BCUT2D eigenvalue weighted by molar-refractivity contribution is 7.16. The fraction of sp³-hybridized carbons (Fsp3) is 0.235. The molecule has 1 unspecified atom stereocenters. The molecule has 2 heterocycles. The van der Waals surface area contributed by atoms with Crippen LogP contribution in [0.2, 0.25) is 14.4 Å². The number of imidazole rings is 1. The molecule has 3 nitrogen and oxygen atoms in total. The van der Waals surface area contributed by atoms with E-state index in [4.69, 9.17) is 39.5 Å². The normalized spacial score (nSPS) is 12.3. The molecule has 24 heavy (non-hydrogen) atoms. The second kappa shape index (κ2) is 8.26. The van der Waals surface area contributed by atoms with Crippen molar-refractivity contribution in [3.05, 3.63) is 68.3 Å². The SMILES string of the molecule is Clc1ccc(CCC(Cn2ccnc2)Oc2c(Cl)cccc2Cl)s1. The summed E-state index contributed by atoms with van der Waals surface area (Å²) in [4.78, 5) is 5.31. The molecule has 0 aliphatic heterocycles. The highest BCUT2D eigenvalue weighted by Crippen LogP contribution is 2.34. The van der Waals surface area contributed by atoms with Gasteiger partial charge in [0.15, 0.2) is 5.75 Å². The van der Waals surface area contributed by atoms with E-state index >= 15 is 0 Å². The molecule has 0 spiro atoms. The number of ether oxygens (including phenoxy) is 1. The van der Waals surface area contributed by atoms with Crippen molar-refractivity contribution < 1.29 is 4.74 Å². The average molecular weight is 402 g/mol. The van der Waals surface area contributed by atoms with Crippen LogP contribution in [0.1, 0.15) is 11.3 Å². The third-order valence-corrected chi connectivity index (χ3v) is 5.40. The van der Waals surface area contributed by atoms with Gasteiger partial charge in [-0.3, -0.25) is 0 Å². The lowest BCUT2D eigenvalue weighted by Gasteiger charge is -2.21. The van der Waals surface area contributed by atoms with Crippen LogP contribution < -0.4 is 4.74 Å². The van der Waals surface area contributed by atoms with Crippen molar-refractivity contribution in [3.63, 3.8) is 0 Å². The molecular formula is C17H15Cl3N2OS. The predicted molar refractivity (Wildman–Crippen MR) is 101 cm³/mol. The van der Waals surface area contributed by atoms with E-state index in [2.05, 4.69) is 4.98 Å². The zero-order valence-electron chi connectivity index (χ0n) is 12.7. The van der Waals surface area contributed by atoms with Crippen molar-refractivity contribution in [1.29, 1.82) is 0 Å². The molecule has 0 saturated heterocycles. The highest BCUT2D eigenvalue weighted by Gasteiger charge is 2.16. The molecule has 0 aliphatic rings. The summed E-state index contributed by atoms with van der Waals surface area (Å²) >= 11 is 20.1. The lowest BCUT2D eigenvalue weighted by atomic mass is 10.1. The fourth-order valence-corrected chi connectivity index (χ4v) is 3.96. The van der Waals surface area contributed by atoms with E-state index in [9.17, 15) is 0 Å². The number of benzene rings is 1. The van der Waals surface area contributed by atoms with Crippen molar-refractivity contribution in [2.75, 3.05) is 0 Å². The number of aryl methyl sites for hydroxylation is 1. The summed E-state index contributed by atoms with van der Waals surface area (Å²) in [5.74, 6) is 0.523. The maximum Gasteiger partial charge on any atom is 0.156 e. The molecule has 3 aromatic rings. The quantitative estimate of drug-likeness (QED) is 0.486. The van der Waals surface area contributed by atoms with E-state index in [1.807, 2.05) is 22.9 Å². The highest BCUT2D eigenvalue weighted by atomic mass is 35.5. The van der Waals surface area contributed by atoms with Gasteiger partial charge in [-0.1, -0.05) is 40.9 Å². The number of hydrogen-bond acceptors (Lipinski definition) is 3. The Hall–Kier alpha value is -1.20. The molecule has 126 valence electrons. The second-order valence-electron chi connectivity index (χ2n) is 5.29. The van der Waals surface area contributed by atoms with E-state index in [1.54, 1.807) is 42.1 Å². The largest absolute Gasteiger partial charge is 0.485 e. The Morgan fingerprint density at radius 3 is 2.54 bits per heavy atom.